The zero-order chi connectivity index (χ0) is 13.3. The summed E-state index contributed by atoms with van der Waals surface area (Å²) in [6, 6.07) is -0.130. The summed E-state index contributed by atoms with van der Waals surface area (Å²) >= 11 is 1.57. The summed E-state index contributed by atoms with van der Waals surface area (Å²) in [5.74, 6) is -0.173. The second-order valence-corrected chi connectivity index (χ2v) is 5.15. The Balaban J connectivity index is 2.10. The number of thiazole rings is 1. The Bertz CT molecular complexity index is 575. The van der Waals surface area contributed by atoms with Crippen LogP contribution in [-0.2, 0) is 0 Å². The minimum atomic E-state index is -0.336. The van der Waals surface area contributed by atoms with Crippen LogP contribution in [0.1, 0.15) is 39.2 Å². The van der Waals surface area contributed by atoms with E-state index in [1.54, 1.807) is 11.3 Å². The summed E-state index contributed by atoms with van der Waals surface area (Å²) in [7, 11) is 0. The van der Waals surface area contributed by atoms with Gasteiger partial charge in [-0.3, -0.25) is 9.89 Å². The highest BCUT2D eigenvalue weighted by Gasteiger charge is 2.18. The van der Waals surface area contributed by atoms with Crippen molar-refractivity contribution in [1.82, 2.24) is 25.5 Å². The van der Waals surface area contributed by atoms with Gasteiger partial charge in [-0.25, -0.2) is 4.98 Å². The predicted octanol–water partition coefficient (Wildman–Crippen LogP) is 0.951. The lowest BCUT2D eigenvalue weighted by molar-refractivity contribution is 0.0930. The first-order valence-electron chi connectivity index (χ1n) is 5.40. The number of H-pyrrole nitrogens is 1. The molecule has 0 aliphatic heterocycles. The molecule has 7 nitrogen and oxygen atoms in total. The topological polar surface area (TPSA) is 110 Å². The number of rotatable bonds is 3. The highest BCUT2D eigenvalue weighted by molar-refractivity contribution is 7.11. The van der Waals surface area contributed by atoms with Gasteiger partial charge in [-0.2, -0.15) is 4.98 Å². The Kier molecular flexibility index (Phi) is 3.28. The molecule has 4 N–H and O–H groups in total. The Morgan fingerprint density at radius 3 is 2.67 bits per heavy atom. The van der Waals surface area contributed by atoms with Gasteiger partial charge < -0.3 is 11.1 Å². The van der Waals surface area contributed by atoms with Crippen molar-refractivity contribution < 1.29 is 4.79 Å². The average molecular weight is 266 g/mol. The Morgan fingerprint density at radius 1 is 1.44 bits per heavy atom. The van der Waals surface area contributed by atoms with Crippen LogP contribution in [0.15, 0.2) is 0 Å². The molecule has 2 heterocycles. The highest BCUT2D eigenvalue weighted by Crippen LogP contribution is 2.24. The lowest BCUT2D eigenvalue weighted by Crippen LogP contribution is -2.27. The fourth-order valence-electron chi connectivity index (χ4n) is 1.66. The van der Waals surface area contributed by atoms with E-state index in [0.29, 0.717) is 0 Å². The molecule has 0 radical (unpaired) electrons. The molecule has 8 heteroatoms. The fourth-order valence-corrected chi connectivity index (χ4v) is 2.59. The number of amides is 1. The average Bonchev–Trinajstić information content (AvgIpc) is 2.84. The maximum absolute atomic E-state index is 11.8. The number of aromatic nitrogens is 4. The van der Waals surface area contributed by atoms with Crippen molar-refractivity contribution in [3.8, 4) is 0 Å². The standard InChI is InChI=1S/C10H14N6OS/c1-4-7(18-6(3)12-4)5(2)13-9(17)8-14-10(11)16-15-8/h5H,1-3H3,(H,13,17)(H3,11,14,15,16). The lowest BCUT2D eigenvalue weighted by Gasteiger charge is -2.11. The summed E-state index contributed by atoms with van der Waals surface area (Å²) in [5.41, 5.74) is 6.28. The second kappa shape index (κ2) is 4.73. The number of anilines is 1. The van der Waals surface area contributed by atoms with Crippen LogP contribution in [0.3, 0.4) is 0 Å². The van der Waals surface area contributed by atoms with Crippen molar-refractivity contribution in [2.45, 2.75) is 26.8 Å². The molecule has 96 valence electrons. The number of carbonyl (C=O) groups excluding carboxylic acids is 1. The second-order valence-electron chi connectivity index (χ2n) is 3.92. The van der Waals surface area contributed by atoms with Gasteiger partial charge in [0.25, 0.3) is 5.91 Å². The van der Waals surface area contributed by atoms with Crippen LogP contribution in [0.25, 0.3) is 0 Å². The van der Waals surface area contributed by atoms with Crippen LogP contribution in [0.5, 0.6) is 0 Å². The van der Waals surface area contributed by atoms with Crippen molar-refractivity contribution in [2.75, 3.05) is 5.73 Å². The molecule has 0 fully saturated rings. The Morgan fingerprint density at radius 2 is 2.17 bits per heavy atom. The first-order chi connectivity index (χ1) is 8.47. The monoisotopic (exact) mass is 266 g/mol. The van der Waals surface area contributed by atoms with E-state index in [4.69, 9.17) is 5.73 Å². The van der Waals surface area contributed by atoms with Crippen LogP contribution >= 0.6 is 11.3 Å². The van der Waals surface area contributed by atoms with Gasteiger partial charge in [0.2, 0.25) is 11.8 Å². The van der Waals surface area contributed by atoms with Crippen molar-refractivity contribution in [1.29, 1.82) is 0 Å². The number of nitrogens with two attached hydrogens (primary N) is 1. The molecule has 1 unspecified atom stereocenters. The maximum atomic E-state index is 11.8. The Labute approximate surface area is 108 Å². The van der Waals surface area contributed by atoms with Crippen molar-refractivity contribution in [3.05, 3.63) is 21.4 Å². The molecule has 0 bridgehead atoms. The first kappa shape index (κ1) is 12.5. The highest BCUT2D eigenvalue weighted by atomic mass is 32.1. The van der Waals surface area contributed by atoms with Gasteiger partial charge in [-0.05, 0) is 20.8 Å². The molecule has 0 aliphatic rings. The van der Waals surface area contributed by atoms with Crippen LogP contribution in [0.2, 0.25) is 0 Å². The van der Waals surface area contributed by atoms with Crippen LogP contribution in [0, 0.1) is 13.8 Å². The van der Waals surface area contributed by atoms with E-state index in [0.717, 1.165) is 15.6 Å². The van der Waals surface area contributed by atoms with E-state index in [-0.39, 0.29) is 23.7 Å². The third-order valence-corrected chi connectivity index (χ3v) is 3.65. The third-order valence-electron chi connectivity index (χ3n) is 2.40. The van der Waals surface area contributed by atoms with Gasteiger partial charge >= 0.3 is 0 Å². The summed E-state index contributed by atoms with van der Waals surface area (Å²) in [4.78, 5) is 21.0. The fraction of sp³-hybridized carbons (Fsp3) is 0.400. The van der Waals surface area contributed by atoms with Crippen molar-refractivity contribution >= 4 is 23.2 Å². The van der Waals surface area contributed by atoms with Gasteiger partial charge in [0.05, 0.1) is 16.7 Å². The number of nitrogen functional groups attached to an aromatic ring is 1. The quantitative estimate of drug-likeness (QED) is 0.766. The van der Waals surface area contributed by atoms with Crippen molar-refractivity contribution in [2.24, 2.45) is 0 Å². The number of carbonyl (C=O) groups is 1. The SMILES string of the molecule is Cc1nc(C)c(C(C)NC(=O)c2nc(N)n[nH]2)s1. The van der Waals surface area contributed by atoms with Crippen LogP contribution in [-0.4, -0.2) is 26.1 Å². The van der Waals surface area contributed by atoms with Crippen molar-refractivity contribution in [3.63, 3.8) is 0 Å². The predicted molar refractivity (Wildman–Crippen MR) is 68.3 cm³/mol. The summed E-state index contributed by atoms with van der Waals surface area (Å²) in [6.45, 7) is 5.76. The molecule has 2 rings (SSSR count). The Hall–Kier alpha value is -1.96. The minimum absolute atomic E-state index is 0.0534. The molecule has 0 aromatic carbocycles. The molecule has 0 saturated carbocycles. The largest absolute Gasteiger partial charge is 0.366 e. The molecule has 2 aromatic heterocycles. The van der Waals surface area contributed by atoms with E-state index in [1.807, 2.05) is 20.8 Å². The van der Waals surface area contributed by atoms with E-state index in [2.05, 4.69) is 25.5 Å². The summed E-state index contributed by atoms with van der Waals surface area (Å²) < 4.78 is 0. The van der Waals surface area contributed by atoms with Gasteiger partial charge in [0.1, 0.15) is 0 Å². The van der Waals surface area contributed by atoms with E-state index >= 15 is 0 Å². The summed E-state index contributed by atoms with van der Waals surface area (Å²) in [6.07, 6.45) is 0. The number of hydrogen-bond acceptors (Lipinski definition) is 6. The maximum Gasteiger partial charge on any atom is 0.289 e. The van der Waals surface area contributed by atoms with E-state index in [9.17, 15) is 4.79 Å². The van der Waals surface area contributed by atoms with Gasteiger partial charge in [-0.1, -0.05) is 0 Å². The number of nitrogens with zero attached hydrogens (tertiary/aromatic N) is 3. The number of aryl methyl sites for hydroxylation is 2. The van der Waals surface area contributed by atoms with Crippen LogP contribution < -0.4 is 11.1 Å². The summed E-state index contributed by atoms with van der Waals surface area (Å²) in [5, 5.41) is 9.88. The van der Waals surface area contributed by atoms with Gasteiger partial charge in [0.15, 0.2) is 0 Å². The molecule has 18 heavy (non-hydrogen) atoms. The normalized spacial score (nSPS) is 12.4. The zero-order valence-corrected chi connectivity index (χ0v) is 11.1. The number of nitrogens with one attached hydrogen (secondary N) is 2. The molecular formula is C10H14N6OS. The third kappa shape index (κ3) is 2.48. The van der Waals surface area contributed by atoms with Gasteiger partial charge in [0, 0.05) is 4.88 Å². The van der Waals surface area contributed by atoms with E-state index in [1.165, 1.54) is 0 Å². The molecule has 2 aromatic rings. The van der Waals surface area contributed by atoms with Gasteiger partial charge in [-0.15, -0.1) is 16.4 Å². The smallest absolute Gasteiger partial charge is 0.289 e. The minimum Gasteiger partial charge on any atom is -0.366 e. The number of hydrogen-bond donors (Lipinski definition) is 3. The first-order valence-corrected chi connectivity index (χ1v) is 6.21. The molecule has 1 atom stereocenters. The number of aromatic amines is 1. The molecule has 0 saturated heterocycles. The molecule has 0 aliphatic carbocycles. The van der Waals surface area contributed by atoms with Crippen LogP contribution in [0.4, 0.5) is 5.95 Å². The molecule has 1 amide bonds. The van der Waals surface area contributed by atoms with E-state index < -0.39 is 0 Å². The lowest BCUT2D eigenvalue weighted by atomic mass is 10.2. The molecular weight excluding hydrogens is 252 g/mol. The molecule has 0 spiro atoms. The zero-order valence-electron chi connectivity index (χ0n) is 10.3.